The van der Waals surface area contributed by atoms with Crippen LogP contribution in [0.25, 0.3) is 0 Å². The molecule has 0 saturated carbocycles. The van der Waals surface area contributed by atoms with E-state index in [2.05, 4.69) is 33.5 Å². The van der Waals surface area contributed by atoms with Crippen molar-refractivity contribution in [2.24, 2.45) is 0 Å². The van der Waals surface area contributed by atoms with Crippen LogP contribution in [0.1, 0.15) is 29.3 Å². The molecule has 1 aromatic rings. The normalized spacial score (nSPS) is 9.72. The molecular weight excluding hydrogens is 316 g/mol. The Morgan fingerprint density at radius 2 is 2.00 bits per heavy atom. The average Bonchev–Trinajstić information content (AvgIpc) is 2.32. The highest BCUT2D eigenvalue weighted by molar-refractivity contribution is 9.10. The van der Waals surface area contributed by atoms with Gasteiger partial charge in [0.15, 0.2) is 0 Å². The van der Waals surface area contributed by atoms with Crippen LogP contribution in [0, 0.1) is 6.92 Å². The van der Waals surface area contributed by atoms with Crippen LogP contribution in [0.3, 0.4) is 0 Å². The van der Waals surface area contributed by atoms with Crippen LogP contribution in [-0.2, 0) is 0 Å². The second kappa shape index (κ2) is 9.36. The van der Waals surface area contributed by atoms with Gasteiger partial charge in [0.05, 0.1) is 0 Å². The Bertz CT molecular complexity index is 385. The van der Waals surface area contributed by atoms with Crippen LogP contribution in [0.4, 0.5) is 0 Å². The molecule has 0 atom stereocenters. The highest BCUT2D eigenvalue weighted by Crippen LogP contribution is 2.17. The van der Waals surface area contributed by atoms with E-state index in [1.165, 1.54) is 0 Å². The second-order valence-electron chi connectivity index (χ2n) is 3.97. The van der Waals surface area contributed by atoms with Gasteiger partial charge in [-0.15, -0.1) is 12.4 Å². The van der Waals surface area contributed by atoms with Crippen molar-refractivity contribution in [3.63, 3.8) is 0 Å². The van der Waals surface area contributed by atoms with Crippen LogP contribution in [-0.4, -0.2) is 25.5 Å². The molecule has 18 heavy (non-hydrogen) atoms. The highest BCUT2D eigenvalue weighted by atomic mass is 79.9. The van der Waals surface area contributed by atoms with Crippen molar-refractivity contribution in [1.29, 1.82) is 0 Å². The highest BCUT2D eigenvalue weighted by Gasteiger charge is 2.05. The number of halogens is 2. The van der Waals surface area contributed by atoms with Crippen molar-refractivity contribution in [1.82, 2.24) is 10.6 Å². The zero-order valence-electron chi connectivity index (χ0n) is 10.8. The van der Waals surface area contributed by atoms with Crippen molar-refractivity contribution in [3.05, 3.63) is 33.8 Å². The monoisotopic (exact) mass is 334 g/mol. The summed E-state index contributed by atoms with van der Waals surface area (Å²) < 4.78 is 0.967. The first-order valence-corrected chi connectivity index (χ1v) is 6.69. The van der Waals surface area contributed by atoms with Crippen molar-refractivity contribution in [3.8, 4) is 0 Å². The average molecular weight is 336 g/mol. The van der Waals surface area contributed by atoms with Crippen LogP contribution >= 0.6 is 28.3 Å². The molecule has 5 heteroatoms. The third-order valence-corrected chi connectivity index (χ3v) is 3.30. The molecule has 3 nitrogen and oxygen atoms in total. The zero-order chi connectivity index (χ0) is 12.7. The van der Waals surface area contributed by atoms with Gasteiger partial charge >= 0.3 is 0 Å². The molecular formula is C13H20BrClN2O. The molecule has 2 N–H and O–H groups in total. The van der Waals surface area contributed by atoms with Gasteiger partial charge in [0.25, 0.3) is 5.91 Å². The van der Waals surface area contributed by atoms with Crippen molar-refractivity contribution < 1.29 is 4.79 Å². The molecule has 0 spiro atoms. The van der Waals surface area contributed by atoms with Gasteiger partial charge in [0.2, 0.25) is 0 Å². The van der Waals surface area contributed by atoms with E-state index < -0.39 is 0 Å². The Hall–Kier alpha value is -0.580. The van der Waals surface area contributed by atoms with Crippen LogP contribution < -0.4 is 10.6 Å². The summed E-state index contributed by atoms with van der Waals surface area (Å²) in [7, 11) is 0. The molecule has 0 aliphatic heterocycles. The fraction of sp³-hybridized carbons (Fsp3) is 0.462. The molecule has 102 valence electrons. The number of rotatable bonds is 6. The molecule has 0 fully saturated rings. The van der Waals surface area contributed by atoms with E-state index in [9.17, 15) is 4.79 Å². The number of hydrogen-bond acceptors (Lipinski definition) is 2. The summed E-state index contributed by atoms with van der Waals surface area (Å²) in [4.78, 5) is 11.8. The van der Waals surface area contributed by atoms with E-state index in [1.807, 2.05) is 25.1 Å². The summed E-state index contributed by atoms with van der Waals surface area (Å²) in [6, 6.07) is 5.63. The largest absolute Gasteiger partial charge is 0.351 e. The lowest BCUT2D eigenvalue weighted by Crippen LogP contribution is -2.32. The van der Waals surface area contributed by atoms with Crippen molar-refractivity contribution in [2.45, 2.75) is 20.3 Å². The number of nitrogens with one attached hydrogen (secondary N) is 2. The number of amides is 1. The molecule has 0 aliphatic rings. The number of hydrogen-bond donors (Lipinski definition) is 2. The maximum atomic E-state index is 11.8. The second-order valence-corrected chi connectivity index (χ2v) is 4.82. The Labute approximate surface area is 123 Å². The zero-order valence-corrected chi connectivity index (χ0v) is 13.2. The van der Waals surface area contributed by atoms with E-state index >= 15 is 0 Å². The van der Waals surface area contributed by atoms with Gasteiger partial charge in [0.1, 0.15) is 0 Å². The molecule has 1 amide bonds. The summed E-state index contributed by atoms with van der Waals surface area (Å²) in [5.41, 5.74) is 1.82. The van der Waals surface area contributed by atoms with Crippen molar-refractivity contribution in [2.75, 3.05) is 19.6 Å². The Kier molecular flexibility index (Phi) is 9.06. The first-order valence-electron chi connectivity index (χ1n) is 5.90. The quantitative estimate of drug-likeness (QED) is 0.785. The molecule has 0 aromatic heterocycles. The Balaban J connectivity index is 0.00000289. The number of benzene rings is 1. The fourth-order valence-electron chi connectivity index (χ4n) is 1.40. The third kappa shape index (κ3) is 5.85. The van der Waals surface area contributed by atoms with Gasteiger partial charge in [-0.1, -0.05) is 28.9 Å². The molecule has 0 aliphatic carbocycles. The minimum Gasteiger partial charge on any atom is -0.351 e. The van der Waals surface area contributed by atoms with E-state index in [0.29, 0.717) is 12.1 Å². The lowest BCUT2D eigenvalue weighted by molar-refractivity contribution is 0.0954. The summed E-state index contributed by atoms with van der Waals surface area (Å²) in [6.07, 6.45) is 1.11. The summed E-state index contributed by atoms with van der Waals surface area (Å²) in [5, 5.41) is 6.12. The number of aryl methyl sites for hydroxylation is 1. The molecule has 0 saturated heterocycles. The van der Waals surface area contributed by atoms with E-state index in [4.69, 9.17) is 0 Å². The number of carbonyl (C=O) groups is 1. The molecule has 0 heterocycles. The van der Waals surface area contributed by atoms with Gasteiger partial charge in [-0.05, 0) is 37.6 Å². The predicted octanol–water partition coefficient (Wildman–Crippen LogP) is 2.91. The molecule has 1 rings (SSSR count). The van der Waals surface area contributed by atoms with Crippen LogP contribution in [0.2, 0.25) is 0 Å². The molecule has 1 aromatic carbocycles. The lowest BCUT2D eigenvalue weighted by Gasteiger charge is -2.07. The van der Waals surface area contributed by atoms with Gasteiger partial charge in [-0.2, -0.15) is 0 Å². The van der Waals surface area contributed by atoms with E-state index in [-0.39, 0.29) is 18.3 Å². The first kappa shape index (κ1) is 17.4. The standard InChI is InChI=1S/C13H19BrN2O.ClH/c1-3-6-15-7-8-16-13(17)11-5-4-10(2)12(14)9-11;/h4-5,9,15H,3,6-8H2,1-2H3,(H,16,17);1H. The fourth-order valence-corrected chi connectivity index (χ4v) is 1.78. The topological polar surface area (TPSA) is 41.1 Å². The molecule has 0 bridgehead atoms. The van der Waals surface area contributed by atoms with Crippen molar-refractivity contribution >= 4 is 34.2 Å². The minimum absolute atomic E-state index is 0. The van der Waals surface area contributed by atoms with Gasteiger partial charge in [0, 0.05) is 23.1 Å². The third-order valence-electron chi connectivity index (χ3n) is 2.45. The minimum atomic E-state index is -0.0241. The molecule has 0 unspecified atom stereocenters. The van der Waals surface area contributed by atoms with E-state index in [1.54, 1.807) is 0 Å². The smallest absolute Gasteiger partial charge is 0.251 e. The molecule has 0 radical (unpaired) electrons. The van der Waals surface area contributed by atoms with E-state index in [0.717, 1.165) is 29.5 Å². The Morgan fingerprint density at radius 3 is 2.61 bits per heavy atom. The van der Waals surface area contributed by atoms with Gasteiger partial charge < -0.3 is 10.6 Å². The number of carbonyl (C=O) groups excluding carboxylic acids is 1. The summed E-state index contributed by atoms with van der Waals surface area (Å²) in [5.74, 6) is -0.0241. The van der Waals surface area contributed by atoms with Crippen LogP contribution in [0.5, 0.6) is 0 Å². The maximum Gasteiger partial charge on any atom is 0.251 e. The summed E-state index contributed by atoms with van der Waals surface area (Å²) in [6.45, 7) is 6.58. The van der Waals surface area contributed by atoms with Crippen LogP contribution in [0.15, 0.2) is 22.7 Å². The predicted molar refractivity (Wildman–Crippen MR) is 81.6 cm³/mol. The SMILES string of the molecule is CCCNCCNC(=O)c1ccc(C)c(Br)c1.Cl. The van der Waals surface area contributed by atoms with Gasteiger partial charge in [-0.3, -0.25) is 4.79 Å². The lowest BCUT2D eigenvalue weighted by atomic mass is 10.1. The summed E-state index contributed by atoms with van der Waals surface area (Å²) >= 11 is 3.42. The maximum absolute atomic E-state index is 11.8. The Morgan fingerprint density at radius 1 is 1.28 bits per heavy atom. The first-order chi connectivity index (χ1) is 8.15. The van der Waals surface area contributed by atoms with Gasteiger partial charge in [-0.25, -0.2) is 0 Å².